The molecule has 1 rings (SSSR count). The van der Waals surface area contributed by atoms with E-state index in [1.165, 1.54) is 31.9 Å². The van der Waals surface area contributed by atoms with Crippen molar-refractivity contribution in [1.82, 2.24) is 10.6 Å². The van der Waals surface area contributed by atoms with Crippen molar-refractivity contribution in [1.29, 1.82) is 0 Å². The predicted octanol–water partition coefficient (Wildman–Crippen LogP) is 2.83. The largest absolute Gasteiger partial charge is 0.356 e. The molecule has 142 valence electrons. The highest BCUT2D eigenvalue weighted by atomic mass is 32.2. The van der Waals surface area contributed by atoms with Gasteiger partial charge in [0, 0.05) is 26.4 Å². The fourth-order valence-electron chi connectivity index (χ4n) is 3.36. The summed E-state index contributed by atoms with van der Waals surface area (Å²) in [4.78, 5) is 4.32. The zero-order valence-corrected chi connectivity index (χ0v) is 17.2. The van der Waals surface area contributed by atoms with E-state index in [1.54, 1.807) is 7.05 Å². The summed E-state index contributed by atoms with van der Waals surface area (Å²) >= 11 is 0. The predicted molar refractivity (Wildman–Crippen MR) is 103 cm³/mol. The summed E-state index contributed by atoms with van der Waals surface area (Å²) in [6.07, 6.45) is 7.14. The van der Waals surface area contributed by atoms with Crippen LogP contribution in [0.4, 0.5) is 0 Å². The Morgan fingerprint density at radius 2 is 1.88 bits per heavy atom. The Labute approximate surface area is 149 Å². The molecular formula is C18H37N3O2S. The molecular weight excluding hydrogens is 322 g/mol. The van der Waals surface area contributed by atoms with E-state index in [4.69, 9.17) is 0 Å². The van der Waals surface area contributed by atoms with Crippen LogP contribution in [0.25, 0.3) is 0 Å². The van der Waals surface area contributed by atoms with Crippen LogP contribution in [0.1, 0.15) is 59.8 Å². The Morgan fingerprint density at radius 1 is 1.25 bits per heavy atom. The average molecular weight is 360 g/mol. The van der Waals surface area contributed by atoms with E-state index < -0.39 is 9.84 Å². The van der Waals surface area contributed by atoms with Crippen molar-refractivity contribution in [3.8, 4) is 0 Å². The van der Waals surface area contributed by atoms with Crippen molar-refractivity contribution in [2.24, 2.45) is 21.7 Å². The molecule has 1 fully saturated rings. The van der Waals surface area contributed by atoms with Crippen LogP contribution in [0.2, 0.25) is 0 Å². The molecule has 0 atom stereocenters. The molecule has 0 unspecified atom stereocenters. The van der Waals surface area contributed by atoms with Crippen LogP contribution in [-0.4, -0.2) is 46.5 Å². The number of guanidine groups is 1. The molecule has 0 bridgehead atoms. The van der Waals surface area contributed by atoms with Crippen LogP contribution in [0.5, 0.6) is 0 Å². The van der Waals surface area contributed by atoms with Crippen molar-refractivity contribution >= 4 is 15.8 Å². The molecule has 0 saturated heterocycles. The van der Waals surface area contributed by atoms with E-state index in [1.807, 2.05) is 0 Å². The monoisotopic (exact) mass is 359 g/mol. The average Bonchev–Trinajstić information content (AvgIpc) is 2.41. The smallest absolute Gasteiger partial charge is 0.191 e. The summed E-state index contributed by atoms with van der Waals surface area (Å²) in [6.45, 7) is 10.4. The summed E-state index contributed by atoms with van der Waals surface area (Å²) in [5, 5.41) is 6.85. The maximum atomic E-state index is 11.4. The van der Waals surface area contributed by atoms with E-state index in [0.29, 0.717) is 18.4 Å². The number of aliphatic imine (C=N–C) groups is 1. The molecule has 1 aliphatic rings. The molecule has 24 heavy (non-hydrogen) atoms. The standard InChI is InChI=1S/C18H37N3O2S/c1-15(2)12-18(8-7-9-18)14-21-16(19-5)20-13-17(3,4)10-11-24(6,22)23/h15H,7-14H2,1-6H3,(H2,19,20,21). The number of nitrogens with one attached hydrogen (secondary N) is 2. The zero-order valence-electron chi connectivity index (χ0n) is 16.4. The van der Waals surface area contributed by atoms with E-state index in [-0.39, 0.29) is 11.2 Å². The van der Waals surface area contributed by atoms with Crippen LogP contribution in [-0.2, 0) is 9.84 Å². The lowest BCUT2D eigenvalue weighted by Crippen LogP contribution is -2.48. The maximum absolute atomic E-state index is 11.4. The lowest BCUT2D eigenvalue weighted by Gasteiger charge is -2.43. The van der Waals surface area contributed by atoms with Crippen LogP contribution in [0, 0.1) is 16.7 Å². The third-order valence-electron chi connectivity index (χ3n) is 4.99. The second-order valence-electron chi connectivity index (χ2n) is 8.77. The topological polar surface area (TPSA) is 70.6 Å². The van der Waals surface area contributed by atoms with Gasteiger partial charge in [-0.2, -0.15) is 0 Å². The lowest BCUT2D eigenvalue weighted by molar-refractivity contribution is 0.104. The SMILES string of the molecule is CN=C(NCC(C)(C)CCS(C)(=O)=O)NCC1(CC(C)C)CCC1. The number of sulfone groups is 1. The summed E-state index contributed by atoms with van der Waals surface area (Å²) in [6, 6.07) is 0. The quantitative estimate of drug-likeness (QED) is 0.490. The molecule has 0 radical (unpaired) electrons. The number of hydrogen-bond acceptors (Lipinski definition) is 3. The molecule has 0 aromatic rings. The highest BCUT2D eigenvalue weighted by Gasteiger charge is 2.37. The third kappa shape index (κ3) is 7.86. The van der Waals surface area contributed by atoms with E-state index in [0.717, 1.165) is 18.4 Å². The third-order valence-corrected chi connectivity index (χ3v) is 5.94. The minimum Gasteiger partial charge on any atom is -0.356 e. The summed E-state index contributed by atoms with van der Waals surface area (Å²) in [7, 11) is -1.13. The Bertz CT molecular complexity index is 520. The van der Waals surface area contributed by atoms with Crippen molar-refractivity contribution in [2.45, 2.75) is 59.8 Å². The number of nitrogens with zero attached hydrogens (tertiary/aromatic N) is 1. The van der Waals surface area contributed by atoms with Gasteiger partial charge in [-0.05, 0) is 42.4 Å². The van der Waals surface area contributed by atoms with Crippen LogP contribution >= 0.6 is 0 Å². The fourth-order valence-corrected chi connectivity index (χ4v) is 4.28. The normalized spacial score (nSPS) is 18.4. The van der Waals surface area contributed by atoms with Gasteiger partial charge in [-0.3, -0.25) is 4.99 Å². The van der Waals surface area contributed by atoms with Gasteiger partial charge in [-0.25, -0.2) is 8.42 Å². The van der Waals surface area contributed by atoms with Gasteiger partial charge in [0.05, 0.1) is 5.75 Å². The Balaban J connectivity index is 2.44. The van der Waals surface area contributed by atoms with Gasteiger partial charge in [0.1, 0.15) is 9.84 Å². The molecule has 6 heteroatoms. The highest BCUT2D eigenvalue weighted by Crippen LogP contribution is 2.45. The van der Waals surface area contributed by atoms with Gasteiger partial charge >= 0.3 is 0 Å². The van der Waals surface area contributed by atoms with Crippen LogP contribution in [0.15, 0.2) is 4.99 Å². The van der Waals surface area contributed by atoms with Gasteiger partial charge in [0.15, 0.2) is 5.96 Å². The van der Waals surface area contributed by atoms with Crippen molar-refractivity contribution in [3.05, 3.63) is 0 Å². The Hall–Kier alpha value is -0.780. The molecule has 2 N–H and O–H groups in total. The molecule has 1 aliphatic carbocycles. The van der Waals surface area contributed by atoms with Crippen molar-refractivity contribution < 1.29 is 8.42 Å². The van der Waals surface area contributed by atoms with E-state index in [9.17, 15) is 8.42 Å². The second kappa shape index (κ2) is 8.54. The Morgan fingerprint density at radius 3 is 2.29 bits per heavy atom. The molecule has 0 aromatic heterocycles. The Kier molecular flexibility index (Phi) is 7.57. The molecule has 0 spiro atoms. The van der Waals surface area contributed by atoms with Gasteiger partial charge < -0.3 is 10.6 Å². The van der Waals surface area contributed by atoms with Crippen LogP contribution < -0.4 is 10.6 Å². The fraction of sp³-hybridized carbons (Fsp3) is 0.944. The zero-order chi connectivity index (χ0) is 18.4. The highest BCUT2D eigenvalue weighted by molar-refractivity contribution is 7.90. The summed E-state index contributed by atoms with van der Waals surface area (Å²) < 4.78 is 22.7. The first kappa shape index (κ1) is 21.3. The van der Waals surface area contributed by atoms with Gasteiger partial charge in [-0.15, -0.1) is 0 Å². The molecule has 0 aromatic carbocycles. The number of rotatable bonds is 9. The molecule has 0 aliphatic heterocycles. The van der Waals surface area contributed by atoms with Gasteiger partial charge in [0.2, 0.25) is 0 Å². The first-order valence-electron chi connectivity index (χ1n) is 9.09. The lowest BCUT2D eigenvalue weighted by atomic mass is 9.64. The molecule has 0 heterocycles. The van der Waals surface area contributed by atoms with Crippen molar-refractivity contribution in [3.63, 3.8) is 0 Å². The molecule has 0 amide bonds. The first-order chi connectivity index (χ1) is 11.0. The van der Waals surface area contributed by atoms with Crippen molar-refractivity contribution in [2.75, 3.05) is 32.1 Å². The van der Waals surface area contributed by atoms with Gasteiger partial charge in [0.25, 0.3) is 0 Å². The van der Waals surface area contributed by atoms with Crippen LogP contribution in [0.3, 0.4) is 0 Å². The second-order valence-corrected chi connectivity index (χ2v) is 11.0. The summed E-state index contributed by atoms with van der Waals surface area (Å²) in [5.41, 5.74) is 0.338. The van der Waals surface area contributed by atoms with Gasteiger partial charge in [-0.1, -0.05) is 34.1 Å². The number of hydrogen-bond donors (Lipinski definition) is 2. The maximum Gasteiger partial charge on any atom is 0.191 e. The van der Waals surface area contributed by atoms with E-state index >= 15 is 0 Å². The molecule has 1 saturated carbocycles. The summed E-state index contributed by atoms with van der Waals surface area (Å²) in [5.74, 6) is 1.76. The first-order valence-corrected chi connectivity index (χ1v) is 11.2. The van der Waals surface area contributed by atoms with E-state index in [2.05, 4.69) is 43.3 Å². The molecule has 5 nitrogen and oxygen atoms in total. The minimum atomic E-state index is -2.91. The minimum absolute atomic E-state index is 0.0905.